The molecule has 0 unspecified atom stereocenters. The Morgan fingerprint density at radius 3 is 2.81 bits per heavy atom. The summed E-state index contributed by atoms with van der Waals surface area (Å²) < 4.78 is 1.96. The fraction of sp³-hybridized carbons (Fsp3) is 0.0625. The van der Waals surface area contributed by atoms with Gasteiger partial charge in [-0.3, -0.25) is 9.56 Å². The molecule has 0 aliphatic carbocycles. The van der Waals surface area contributed by atoms with Gasteiger partial charge in [0.05, 0.1) is 11.4 Å². The fourth-order valence-electron chi connectivity index (χ4n) is 2.55. The summed E-state index contributed by atoms with van der Waals surface area (Å²) in [4.78, 5) is 4.72. The number of hydrogen-bond donors (Lipinski definition) is 0. The van der Waals surface area contributed by atoms with Gasteiger partial charge in [0.1, 0.15) is 12.9 Å². The van der Waals surface area contributed by atoms with E-state index in [0.29, 0.717) is 11.6 Å². The molecule has 0 atom stereocenters. The van der Waals surface area contributed by atoms with E-state index < -0.39 is 0 Å². The Hall–Kier alpha value is -2.46. The zero-order valence-electron chi connectivity index (χ0n) is 11.1. The van der Waals surface area contributed by atoms with Crippen molar-refractivity contribution >= 4 is 17.3 Å². The zero-order chi connectivity index (χ0) is 14.2. The molecule has 2 aromatic carbocycles. The smallest absolute Gasteiger partial charge is 0.159 e. The second kappa shape index (κ2) is 4.82. The van der Waals surface area contributed by atoms with Crippen LogP contribution < -0.4 is 0 Å². The number of aliphatic imine (C=N–C) groups is 1. The maximum absolute atomic E-state index is 6.19. The van der Waals surface area contributed by atoms with Crippen LogP contribution in [0.25, 0.3) is 5.69 Å². The fourth-order valence-corrected chi connectivity index (χ4v) is 2.73. The van der Waals surface area contributed by atoms with Crippen LogP contribution in [0.4, 0.5) is 0 Å². The molecule has 1 aliphatic heterocycles. The number of rotatable bonds is 1. The van der Waals surface area contributed by atoms with E-state index in [1.807, 2.05) is 41.0 Å². The summed E-state index contributed by atoms with van der Waals surface area (Å²) in [6.07, 6.45) is 1.71. The molecule has 0 saturated heterocycles. The van der Waals surface area contributed by atoms with Crippen molar-refractivity contribution in [2.45, 2.75) is 6.54 Å². The van der Waals surface area contributed by atoms with Gasteiger partial charge in [0.2, 0.25) is 0 Å². The highest BCUT2D eigenvalue weighted by molar-refractivity contribution is 6.31. The highest BCUT2D eigenvalue weighted by atomic mass is 35.5. The minimum absolute atomic E-state index is 0.497. The van der Waals surface area contributed by atoms with Crippen LogP contribution in [0.3, 0.4) is 0 Å². The number of halogens is 1. The van der Waals surface area contributed by atoms with Crippen LogP contribution in [0.15, 0.2) is 59.9 Å². The maximum Gasteiger partial charge on any atom is 0.159 e. The van der Waals surface area contributed by atoms with E-state index in [-0.39, 0.29) is 0 Å². The Morgan fingerprint density at radius 1 is 1.10 bits per heavy atom. The predicted octanol–water partition coefficient (Wildman–Crippen LogP) is 3.27. The summed E-state index contributed by atoms with van der Waals surface area (Å²) in [5.41, 5.74) is 3.99. The van der Waals surface area contributed by atoms with E-state index in [4.69, 9.17) is 16.6 Å². The van der Waals surface area contributed by atoms with E-state index in [0.717, 1.165) is 28.4 Å². The normalized spacial score (nSPS) is 13.1. The molecular formula is C16H11ClN4. The SMILES string of the molecule is Clc1ccc2c(c1)C(c1ccccc1)=NCc1nn[14cH]n1-2. The molecule has 1 aliphatic rings. The predicted molar refractivity (Wildman–Crippen MR) is 82.2 cm³/mol. The van der Waals surface area contributed by atoms with E-state index in [1.54, 1.807) is 6.33 Å². The van der Waals surface area contributed by atoms with Gasteiger partial charge in [0.25, 0.3) is 0 Å². The lowest BCUT2D eigenvalue weighted by Crippen LogP contribution is -2.06. The van der Waals surface area contributed by atoms with Crippen molar-refractivity contribution in [1.82, 2.24) is 14.8 Å². The van der Waals surface area contributed by atoms with Crippen molar-refractivity contribution in [2.75, 3.05) is 0 Å². The molecule has 0 N–H and O–H groups in total. The van der Waals surface area contributed by atoms with Crippen LogP contribution in [-0.2, 0) is 6.54 Å². The minimum Gasteiger partial charge on any atom is -0.283 e. The van der Waals surface area contributed by atoms with Crippen LogP contribution in [0.5, 0.6) is 0 Å². The van der Waals surface area contributed by atoms with Gasteiger partial charge >= 0.3 is 0 Å². The monoisotopic (exact) mass is 296 g/mol. The van der Waals surface area contributed by atoms with Gasteiger partial charge in [-0.1, -0.05) is 41.9 Å². The van der Waals surface area contributed by atoms with E-state index in [1.165, 1.54) is 0 Å². The molecule has 5 heteroatoms. The molecule has 4 rings (SSSR count). The van der Waals surface area contributed by atoms with E-state index in [2.05, 4.69) is 22.3 Å². The Labute approximate surface area is 126 Å². The summed E-state index contributed by atoms with van der Waals surface area (Å²) in [5, 5.41) is 8.80. The molecule has 0 bridgehead atoms. The molecule has 4 nitrogen and oxygen atoms in total. The molecule has 1 aromatic heterocycles. The average molecular weight is 297 g/mol. The van der Waals surface area contributed by atoms with Crippen molar-refractivity contribution in [3.8, 4) is 5.69 Å². The van der Waals surface area contributed by atoms with E-state index >= 15 is 0 Å². The third-order valence-corrected chi connectivity index (χ3v) is 3.75. The number of hydrogen-bond acceptors (Lipinski definition) is 3. The average Bonchev–Trinajstić information content (AvgIpc) is 2.92. The van der Waals surface area contributed by atoms with Crippen molar-refractivity contribution in [3.63, 3.8) is 0 Å². The van der Waals surface area contributed by atoms with Gasteiger partial charge in [0, 0.05) is 16.1 Å². The second-order valence-corrected chi connectivity index (χ2v) is 5.25. The molecule has 2 heterocycles. The Kier molecular flexibility index (Phi) is 2.82. The molecule has 3 aromatic rings. The Morgan fingerprint density at radius 2 is 1.95 bits per heavy atom. The first-order valence-electron chi connectivity index (χ1n) is 6.62. The second-order valence-electron chi connectivity index (χ2n) is 4.81. The third kappa shape index (κ3) is 2.04. The first kappa shape index (κ1) is 12.3. The van der Waals surface area contributed by atoms with Gasteiger partial charge in [-0.2, -0.15) is 0 Å². The molecule has 0 spiro atoms. The molecule has 102 valence electrons. The summed E-state index contributed by atoms with van der Waals surface area (Å²) in [6, 6.07) is 15.9. The van der Waals surface area contributed by atoms with Crippen molar-refractivity contribution < 1.29 is 0 Å². The standard InChI is InChI=1S/C16H11ClN4/c17-12-6-7-14-13(8-12)16(11-4-2-1-3-5-11)18-9-15-20-19-10-21(14)15/h1-8,10H,9H2/i10+2. The molecular weight excluding hydrogens is 286 g/mol. The first-order chi connectivity index (χ1) is 10.3. The van der Waals surface area contributed by atoms with Crippen LogP contribution in [-0.4, -0.2) is 20.5 Å². The van der Waals surface area contributed by atoms with Crippen LogP contribution in [0.2, 0.25) is 5.02 Å². The van der Waals surface area contributed by atoms with Gasteiger partial charge in [-0.05, 0) is 18.2 Å². The van der Waals surface area contributed by atoms with Crippen LogP contribution in [0, 0.1) is 0 Å². The minimum atomic E-state index is 0.497. The van der Waals surface area contributed by atoms with Gasteiger partial charge in [0.15, 0.2) is 5.82 Å². The molecule has 0 radical (unpaired) electrons. The van der Waals surface area contributed by atoms with Crippen LogP contribution >= 0.6 is 11.6 Å². The lowest BCUT2D eigenvalue weighted by Gasteiger charge is -2.11. The van der Waals surface area contributed by atoms with E-state index in [9.17, 15) is 0 Å². The number of fused-ring (bicyclic) bond motifs is 3. The highest BCUT2D eigenvalue weighted by Gasteiger charge is 2.19. The third-order valence-electron chi connectivity index (χ3n) is 3.52. The number of benzene rings is 2. The maximum atomic E-state index is 6.19. The lowest BCUT2D eigenvalue weighted by atomic mass is 10.0. The number of aromatic nitrogens is 3. The first-order valence-corrected chi connectivity index (χ1v) is 7.00. The highest BCUT2D eigenvalue weighted by Crippen LogP contribution is 2.26. The molecule has 0 fully saturated rings. The molecule has 0 saturated carbocycles. The van der Waals surface area contributed by atoms with Crippen molar-refractivity contribution in [1.29, 1.82) is 0 Å². The summed E-state index contributed by atoms with van der Waals surface area (Å²) in [5.74, 6) is 0.824. The van der Waals surface area contributed by atoms with Crippen LogP contribution in [0.1, 0.15) is 17.0 Å². The summed E-state index contributed by atoms with van der Waals surface area (Å²) >= 11 is 6.19. The van der Waals surface area contributed by atoms with Crippen molar-refractivity contribution in [3.05, 3.63) is 76.8 Å². The largest absolute Gasteiger partial charge is 0.283 e. The Balaban J connectivity index is 2.00. The quantitative estimate of drug-likeness (QED) is 0.692. The zero-order valence-corrected chi connectivity index (χ0v) is 11.8. The van der Waals surface area contributed by atoms with Crippen molar-refractivity contribution in [2.24, 2.45) is 4.99 Å². The lowest BCUT2D eigenvalue weighted by molar-refractivity contribution is 0.870. The van der Waals surface area contributed by atoms with Gasteiger partial charge in [-0.25, -0.2) is 0 Å². The van der Waals surface area contributed by atoms with Gasteiger partial charge in [-0.15, -0.1) is 10.2 Å². The summed E-state index contributed by atoms with van der Waals surface area (Å²) in [6.45, 7) is 0.497. The molecule has 21 heavy (non-hydrogen) atoms. The number of nitrogens with zero attached hydrogens (tertiary/aromatic N) is 4. The summed E-state index contributed by atoms with van der Waals surface area (Å²) in [7, 11) is 0. The topological polar surface area (TPSA) is 43.1 Å². The van der Waals surface area contributed by atoms with Gasteiger partial charge < -0.3 is 0 Å². The Bertz CT molecular complexity index is 836. The molecule has 0 amide bonds.